The number of aliphatic hydroxyl groups excluding tert-OH is 1. The predicted molar refractivity (Wildman–Crippen MR) is 161 cm³/mol. The first-order chi connectivity index (χ1) is 19.3. The Morgan fingerprint density at radius 2 is 1.40 bits per heavy atom. The zero-order valence-corrected chi connectivity index (χ0v) is 24.6. The van der Waals surface area contributed by atoms with Crippen molar-refractivity contribution in [2.24, 2.45) is 0 Å². The largest absolute Gasteiger partial charge is 0.387 e. The molecule has 3 aromatic carbocycles. The molecule has 40 heavy (non-hydrogen) atoms. The SMILES string of the molecule is CN1C(=O)[C@@]2(c3cccc(Cl)c31)[C@H](O)c1ccccc1[C@@H]2[C@]1(CN2CCSCC2)C(=O)N(C)c2c(Cl)cccc21. The van der Waals surface area contributed by atoms with Crippen molar-refractivity contribution in [3.8, 4) is 0 Å². The molecule has 6 nitrogen and oxygen atoms in total. The zero-order chi connectivity index (χ0) is 28.0. The molecule has 7 rings (SSSR count). The Balaban J connectivity index is 1.60. The minimum Gasteiger partial charge on any atom is -0.387 e. The summed E-state index contributed by atoms with van der Waals surface area (Å²) in [5.41, 5.74) is 1.53. The molecule has 1 aliphatic carbocycles. The van der Waals surface area contributed by atoms with Gasteiger partial charge in [0.25, 0.3) is 0 Å². The number of anilines is 2. The van der Waals surface area contributed by atoms with Gasteiger partial charge in [0, 0.05) is 51.2 Å². The topological polar surface area (TPSA) is 64.1 Å². The van der Waals surface area contributed by atoms with Gasteiger partial charge in [0.15, 0.2) is 0 Å². The van der Waals surface area contributed by atoms with E-state index in [9.17, 15) is 14.7 Å². The molecule has 4 atom stereocenters. The van der Waals surface area contributed by atoms with E-state index >= 15 is 0 Å². The lowest BCUT2D eigenvalue weighted by Crippen LogP contribution is -2.59. The van der Waals surface area contributed by atoms with Crippen LogP contribution in [0.1, 0.15) is 34.3 Å². The summed E-state index contributed by atoms with van der Waals surface area (Å²) in [4.78, 5) is 35.2. The smallest absolute Gasteiger partial charge is 0.241 e. The first kappa shape index (κ1) is 26.4. The third-order valence-corrected chi connectivity index (χ3v) is 11.0. The second kappa shape index (κ2) is 9.23. The van der Waals surface area contributed by atoms with Crippen LogP contribution in [0.2, 0.25) is 10.0 Å². The molecule has 1 spiro atoms. The number of rotatable bonds is 3. The van der Waals surface area contributed by atoms with Gasteiger partial charge in [-0.05, 0) is 34.4 Å². The molecule has 0 radical (unpaired) electrons. The molecule has 4 aliphatic rings. The van der Waals surface area contributed by atoms with E-state index in [0.29, 0.717) is 39.1 Å². The van der Waals surface area contributed by atoms with Crippen LogP contribution in [0.25, 0.3) is 0 Å². The summed E-state index contributed by atoms with van der Waals surface area (Å²) in [5, 5.41) is 13.2. The van der Waals surface area contributed by atoms with Crippen molar-refractivity contribution in [2.45, 2.75) is 22.9 Å². The molecule has 3 heterocycles. The van der Waals surface area contributed by atoms with Gasteiger partial charge in [-0.15, -0.1) is 0 Å². The zero-order valence-electron chi connectivity index (χ0n) is 22.2. The molecule has 3 aromatic rings. The van der Waals surface area contributed by atoms with E-state index in [1.165, 1.54) is 0 Å². The number of halogens is 2. The van der Waals surface area contributed by atoms with E-state index in [1.807, 2.05) is 60.3 Å². The highest BCUT2D eigenvalue weighted by Crippen LogP contribution is 2.69. The van der Waals surface area contributed by atoms with Gasteiger partial charge >= 0.3 is 0 Å². The van der Waals surface area contributed by atoms with Gasteiger partial charge < -0.3 is 19.8 Å². The van der Waals surface area contributed by atoms with Gasteiger partial charge in [0.2, 0.25) is 11.8 Å². The van der Waals surface area contributed by atoms with Crippen LogP contribution in [-0.2, 0) is 20.4 Å². The van der Waals surface area contributed by atoms with E-state index in [-0.39, 0.29) is 11.8 Å². The Labute approximate surface area is 247 Å². The number of aliphatic hydroxyl groups is 1. The molecule has 2 amide bonds. The third kappa shape index (κ3) is 3.16. The minimum atomic E-state index is -1.45. The normalized spacial score (nSPS) is 29.3. The van der Waals surface area contributed by atoms with E-state index < -0.39 is 22.9 Å². The maximum atomic E-state index is 14.9. The van der Waals surface area contributed by atoms with E-state index in [1.54, 1.807) is 36.0 Å². The first-order valence-electron chi connectivity index (χ1n) is 13.5. The lowest BCUT2D eigenvalue weighted by molar-refractivity contribution is -0.132. The van der Waals surface area contributed by atoms with Crippen molar-refractivity contribution >= 4 is 58.2 Å². The molecule has 0 unspecified atom stereocenters. The Bertz CT molecular complexity index is 1580. The van der Waals surface area contributed by atoms with Crippen LogP contribution in [0.15, 0.2) is 60.7 Å². The van der Waals surface area contributed by atoms with Gasteiger partial charge in [0.05, 0.1) is 32.9 Å². The number of carbonyl (C=O) groups is 2. The van der Waals surface area contributed by atoms with Crippen molar-refractivity contribution in [2.75, 3.05) is 55.0 Å². The Hall–Kier alpha value is -2.55. The number of benzene rings is 3. The average Bonchev–Trinajstić information content (AvgIpc) is 3.45. The van der Waals surface area contributed by atoms with Crippen LogP contribution >= 0.6 is 35.0 Å². The van der Waals surface area contributed by atoms with Crippen molar-refractivity contribution in [3.63, 3.8) is 0 Å². The number of fused-ring (bicyclic) bond motifs is 4. The molecule has 9 heteroatoms. The molecule has 1 fully saturated rings. The van der Waals surface area contributed by atoms with E-state index in [2.05, 4.69) is 4.90 Å². The number of nitrogens with zero attached hydrogens (tertiary/aromatic N) is 3. The van der Waals surface area contributed by atoms with Crippen LogP contribution in [0.4, 0.5) is 11.4 Å². The monoisotopic (exact) mass is 593 g/mol. The Morgan fingerprint density at radius 3 is 2.08 bits per heavy atom. The summed E-state index contributed by atoms with van der Waals surface area (Å²) < 4.78 is 0. The van der Waals surface area contributed by atoms with Gasteiger partial charge in [-0.2, -0.15) is 11.8 Å². The summed E-state index contributed by atoms with van der Waals surface area (Å²) in [5.74, 6) is 0.858. The highest BCUT2D eigenvalue weighted by molar-refractivity contribution is 7.99. The van der Waals surface area contributed by atoms with Gasteiger partial charge in [-0.25, -0.2) is 0 Å². The number of carbonyl (C=O) groups excluding carboxylic acids is 2. The van der Waals surface area contributed by atoms with Crippen molar-refractivity contribution in [1.82, 2.24) is 4.90 Å². The minimum absolute atomic E-state index is 0.118. The molecular weight excluding hydrogens is 565 g/mol. The standard InChI is InChI=1S/C31H29Cl2N3O3S/c1-34-24-20(9-5-11-22(24)32)30(28(34)38,17-36-13-15-40-16-14-36)26-18-7-3-4-8-19(18)27(37)31(26)21-10-6-12-23(33)25(21)35(2)29(31)39/h3-12,26-27,37H,13-17H2,1-2H3/t26-,27-,30-,31-/m1/s1. The van der Waals surface area contributed by atoms with E-state index in [0.717, 1.165) is 35.7 Å². The van der Waals surface area contributed by atoms with Crippen LogP contribution < -0.4 is 9.80 Å². The highest BCUT2D eigenvalue weighted by atomic mass is 35.5. The second-order valence-corrected chi connectivity index (χ2v) is 13.2. The number of amides is 2. The fourth-order valence-electron chi connectivity index (χ4n) is 7.92. The number of hydrogen-bond donors (Lipinski definition) is 1. The van der Waals surface area contributed by atoms with Crippen LogP contribution in [-0.4, -0.2) is 67.1 Å². The molecule has 206 valence electrons. The molecule has 1 N–H and O–H groups in total. The molecule has 0 bridgehead atoms. The summed E-state index contributed by atoms with van der Waals surface area (Å²) in [6, 6.07) is 18.8. The average molecular weight is 595 g/mol. The van der Waals surface area contributed by atoms with Gasteiger partial charge in [-0.3, -0.25) is 9.59 Å². The fraction of sp³-hybridized carbons (Fsp3) is 0.355. The van der Waals surface area contributed by atoms with Crippen molar-refractivity contribution in [3.05, 3.63) is 93.0 Å². The summed E-state index contributed by atoms with van der Waals surface area (Å²) in [7, 11) is 3.47. The first-order valence-corrected chi connectivity index (χ1v) is 15.4. The maximum absolute atomic E-state index is 14.9. The predicted octanol–water partition coefficient (Wildman–Crippen LogP) is 5.00. The Kier molecular flexibility index (Phi) is 6.08. The second-order valence-electron chi connectivity index (χ2n) is 11.2. The van der Waals surface area contributed by atoms with Crippen molar-refractivity contribution < 1.29 is 14.7 Å². The fourth-order valence-corrected chi connectivity index (χ4v) is 9.50. The molecule has 0 saturated carbocycles. The highest BCUT2D eigenvalue weighted by Gasteiger charge is 2.72. The van der Waals surface area contributed by atoms with Crippen LogP contribution in [0.5, 0.6) is 0 Å². The van der Waals surface area contributed by atoms with E-state index in [4.69, 9.17) is 23.2 Å². The van der Waals surface area contributed by atoms with Crippen LogP contribution in [0, 0.1) is 0 Å². The number of thioether (sulfide) groups is 1. The number of para-hydroxylation sites is 2. The molecular formula is C31H29Cl2N3O3S. The number of likely N-dealkylation sites (N-methyl/N-ethyl adjacent to an activating group) is 2. The summed E-state index contributed by atoms with van der Waals surface area (Å²) in [6.45, 7) is 2.07. The lowest BCUT2D eigenvalue weighted by atomic mass is 9.56. The molecule has 3 aliphatic heterocycles. The summed E-state index contributed by atoms with van der Waals surface area (Å²) in [6.07, 6.45) is -1.17. The molecule has 1 saturated heterocycles. The Morgan fingerprint density at radius 1 is 0.825 bits per heavy atom. The van der Waals surface area contributed by atoms with Gasteiger partial charge in [-0.1, -0.05) is 71.7 Å². The molecule has 0 aromatic heterocycles. The van der Waals surface area contributed by atoms with Crippen molar-refractivity contribution in [1.29, 1.82) is 0 Å². The third-order valence-electron chi connectivity index (χ3n) is 9.47. The van der Waals surface area contributed by atoms with Crippen LogP contribution in [0.3, 0.4) is 0 Å². The lowest BCUT2D eigenvalue weighted by Gasteiger charge is -2.46. The quantitative estimate of drug-likeness (QED) is 0.463. The number of hydrogen-bond acceptors (Lipinski definition) is 5. The summed E-state index contributed by atoms with van der Waals surface area (Å²) >= 11 is 15.4. The van der Waals surface area contributed by atoms with Gasteiger partial charge in [0.1, 0.15) is 5.41 Å². The maximum Gasteiger partial charge on any atom is 0.241 e.